The van der Waals surface area contributed by atoms with E-state index in [1.165, 1.54) is 5.56 Å². The van der Waals surface area contributed by atoms with Crippen LogP contribution >= 0.6 is 11.6 Å². The second-order valence-corrected chi connectivity index (χ2v) is 5.82. The Labute approximate surface area is 142 Å². The Hall–Kier alpha value is -2.07. The molecule has 0 radical (unpaired) electrons. The SMILES string of the molecule is CCCCC(=O)Nc1ccc(NCCc2ccc(Cl)cc2)nc1. The number of nitrogens with one attached hydrogen (secondary N) is 2. The van der Waals surface area contributed by atoms with Crippen molar-refractivity contribution in [2.45, 2.75) is 32.6 Å². The number of amides is 1. The first kappa shape index (κ1) is 17.3. The van der Waals surface area contributed by atoms with Crippen molar-refractivity contribution in [2.24, 2.45) is 0 Å². The fourth-order valence-corrected chi connectivity index (χ4v) is 2.25. The number of aromatic nitrogens is 1. The molecule has 0 unspecified atom stereocenters. The minimum absolute atomic E-state index is 0.0390. The van der Waals surface area contributed by atoms with Crippen molar-refractivity contribution in [3.05, 3.63) is 53.2 Å². The number of carbonyl (C=O) groups excluding carboxylic acids is 1. The Balaban J connectivity index is 1.76. The van der Waals surface area contributed by atoms with Crippen LogP contribution in [0, 0.1) is 0 Å². The van der Waals surface area contributed by atoms with E-state index in [1.807, 2.05) is 36.4 Å². The Bertz CT molecular complexity index is 611. The van der Waals surface area contributed by atoms with Gasteiger partial charge in [-0.1, -0.05) is 37.1 Å². The molecule has 4 nitrogen and oxygen atoms in total. The summed E-state index contributed by atoms with van der Waals surface area (Å²) in [6, 6.07) is 11.6. The van der Waals surface area contributed by atoms with Gasteiger partial charge in [0.05, 0.1) is 11.9 Å². The highest BCUT2D eigenvalue weighted by Gasteiger charge is 2.02. The largest absolute Gasteiger partial charge is 0.370 e. The molecule has 1 heterocycles. The molecule has 0 fully saturated rings. The maximum absolute atomic E-state index is 11.6. The number of anilines is 2. The summed E-state index contributed by atoms with van der Waals surface area (Å²) >= 11 is 5.86. The van der Waals surface area contributed by atoms with Crippen molar-refractivity contribution in [1.82, 2.24) is 4.98 Å². The van der Waals surface area contributed by atoms with Gasteiger partial charge in [-0.3, -0.25) is 4.79 Å². The number of rotatable bonds is 8. The minimum atomic E-state index is 0.0390. The van der Waals surface area contributed by atoms with Gasteiger partial charge in [0.1, 0.15) is 5.82 Å². The molecule has 1 aromatic heterocycles. The molecule has 0 atom stereocenters. The van der Waals surface area contributed by atoms with Gasteiger partial charge in [-0.2, -0.15) is 0 Å². The lowest BCUT2D eigenvalue weighted by atomic mass is 10.1. The summed E-state index contributed by atoms with van der Waals surface area (Å²) in [7, 11) is 0. The lowest BCUT2D eigenvalue weighted by molar-refractivity contribution is -0.116. The fourth-order valence-electron chi connectivity index (χ4n) is 2.12. The molecule has 2 N–H and O–H groups in total. The van der Waals surface area contributed by atoms with Gasteiger partial charge >= 0.3 is 0 Å². The van der Waals surface area contributed by atoms with Crippen molar-refractivity contribution in [2.75, 3.05) is 17.2 Å². The molecule has 23 heavy (non-hydrogen) atoms. The maximum Gasteiger partial charge on any atom is 0.224 e. The van der Waals surface area contributed by atoms with Crippen LogP contribution in [-0.4, -0.2) is 17.4 Å². The monoisotopic (exact) mass is 331 g/mol. The summed E-state index contributed by atoms with van der Waals surface area (Å²) < 4.78 is 0. The molecular weight excluding hydrogens is 310 g/mol. The van der Waals surface area contributed by atoms with Crippen molar-refractivity contribution < 1.29 is 4.79 Å². The van der Waals surface area contributed by atoms with Crippen molar-refractivity contribution in [1.29, 1.82) is 0 Å². The van der Waals surface area contributed by atoms with Crippen LogP contribution in [0.4, 0.5) is 11.5 Å². The Morgan fingerprint density at radius 3 is 2.61 bits per heavy atom. The number of unbranched alkanes of at least 4 members (excludes halogenated alkanes) is 1. The first-order valence-electron chi connectivity index (χ1n) is 7.91. The number of carbonyl (C=O) groups is 1. The highest BCUT2D eigenvalue weighted by Crippen LogP contribution is 2.12. The third-order valence-corrected chi connectivity index (χ3v) is 3.69. The number of nitrogens with zero attached hydrogens (tertiary/aromatic N) is 1. The predicted octanol–water partition coefficient (Wildman–Crippen LogP) is 4.52. The third-order valence-electron chi connectivity index (χ3n) is 3.44. The van der Waals surface area contributed by atoms with Crippen LogP contribution in [0.5, 0.6) is 0 Å². The summed E-state index contributed by atoms with van der Waals surface area (Å²) in [5.41, 5.74) is 1.95. The number of halogens is 1. The van der Waals surface area contributed by atoms with E-state index in [1.54, 1.807) is 6.20 Å². The van der Waals surface area contributed by atoms with Gasteiger partial charge in [0.2, 0.25) is 5.91 Å². The summed E-state index contributed by atoms with van der Waals surface area (Å²) in [5.74, 6) is 0.836. The van der Waals surface area contributed by atoms with Crippen molar-refractivity contribution >= 4 is 29.0 Å². The maximum atomic E-state index is 11.6. The van der Waals surface area contributed by atoms with E-state index in [0.29, 0.717) is 6.42 Å². The molecule has 122 valence electrons. The molecule has 1 aromatic carbocycles. The van der Waals surface area contributed by atoms with Crippen LogP contribution in [0.1, 0.15) is 31.7 Å². The first-order chi connectivity index (χ1) is 11.2. The molecule has 0 aliphatic heterocycles. The molecule has 0 saturated carbocycles. The summed E-state index contributed by atoms with van der Waals surface area (Å²) in [6.45, 7) is 2.86. The van der Waals surface area contributed by atoms with Crippen molar-refractivity contribution in [3.63, 3.8) is 0 Å². The summed E-state index contributed by atoms with van der Waals surface area (Å²) in [6.07, 6.45) is 5.05. The van der Waals surface area contributed by atoms with E-state index < -0.39 is 0 Å². The lowest BCUT2D eigenvalue weighted by Crippen LogP contribution is -2.11. The number of hydrogen-bond acceptors (Lipinski definition) is 3. The third kappa shape index (κ3) is 6.28. The zero-order valence-electron chi connectivity index (χ0n) is 13.3. The lowest BCUT2D eigenvalue weighted by Gasteiger charge is -2.08. The smallest absolute Gasteiger partial charge is 0.224 e. The van der Waals surface area contributed by atoms with Gasteiger partial charge < -0.3 is 10.6 Å². The van der Waals surface area contributed by atoms with Crippen LogP contribution in [0.3, 0.4) is 0 Å². The average Bonchev–Trinajstić information content (AvgIpc) is 2.56. The summed E-state index contributed by atoms with van der Waals surface area (Å²) in [4.78, 5) is 16.0. The van der Waals surface area contributed by atoms with Crippen molar-refractivity contribution in [3.8, 4) is 0 Å². The second kappa shape index (κ2) is 9.16. The standard InChI is InChI=1S/C18H22ClN3O/c1-2-3-4-18(23)22-16-9-10-17(21-13-16)20-12-11-14-5-7-15(19)8-6-14/h5-10,13H,2-4,11-12H2,1H3,(H,20,21)(H,22,23). The first-order valence-corrected chi connectivity index (χ1v) is 8.29. The quantitative estimate of drug-likeness (QED) is 0.747. The zero-order chi connectivity index (χ0) is 16.5. The Morgan fingerprint density at radius 1 is 1.17 bits per heavy atom. The van der Waals surface area contributed by atoms with Gasteiger partial charge in [0.15, 0.2) is 0 Å². The molecule has 0 aliphatic carbocycles. The fraction of sp³-hybridized carbons (Fsp3) is 0.333. The van der Waals surface area contributed by atoms with E-state index >= 15 is 0 Å². The molecule has 0 bridgehead atoms. The average molecular weight is 332 g/mol. The molecule has 1 amide bonds. The highest BCUT2D eigenvalue weighted by atomic mass is 35.5. The van der Waals surface area contributed by atoms with E-state index in [4.69, 9.17) is 11.6 Å². The summed E-state index contributed by atoms with van der Waals surface area (Å²) in [5, 5.41) is 6.87. The van der Waals surface area contributed by atoms with Gasteiger partial charge in [-0.15, -0.1) is 0 Å². The minimum Gasteiger partial charge on any atom is -0.370 e. The van der Waals surface area contributed by atoms with Gasteiger partial charge in [-0.25, -0.2) is 4.98 Å². The number of benzene rings is 1. The molecule has 0 aliphatic rings. The normalized spacial score (nSPS) is 10.3. The van der Waals surface area contributed by atoms with Crippen LogP contribution < -0.4 is 10.6 Å². The van der Waals surface area contributed by atoms with Gasteiger partial charge in [0.25, 0.3) is 0 Å². The molecule has 0 saturated heterocycles. The molecule has 0 spiro atoms. The van der Waals surface area contributed by atoms with Gasteiger partial charge in [-0.05, 0) is 42.7 Å². The topological polar surface area (TPSA) is 54.0 Å². The van der Waals surface area contributed by atoms with E-state index in [2.05, 4.69) is 22.5 Å². The van der Waals surface area contributed by atoms with E-state index in [-0.39, 0.29) is 5.91 Å². The van der Waals surface area contributed by atoms with Crippen LogP contribution in [0.25, 0.3) is 0 Å². The number of pyridine rings is 1. The molecular formula is C18H22ClN3O. The molecule has 2 aromatic rings. The Morgan fingerprint density at radius 2 is 1.96 bits per heavy atom. The predicted molar refractivity (Wildman–Crippen MR) is 96.0 cm³/mol. The van der Waals surface area contributed by atoms with Crippen LogP contribution in [-0.2, 0) is 11.2 Å². The molecule has 2 rings (SSSR count). The van der Waals surface area contributed by atoms with E-state index in [0.717, 1.165) is 42.3 Å². The highest BCUT2D eigenvalue weighted by molar-refractivity contribution is 6.30. The Kier molecular flexibility index (Phi) is 6.88. The molecule has 5 heteroatoms. The van der Waals surface area contributed by atoms with Crippen LogP contribution in [0.2, 0.25) is 5.02 Å². The number of hydrogen-bond donors (Lipinski definition) is 2. The van der Waals surface area contributed by atoms with E-state index in [9.17, 15) is 4.79 Å². The van der Waals surface area contributed by atoms with Gasteiger partial charge in [0, 0.05) is 18.0 Å². The zero-order valence-corrected chi connectivity index (χ0v) is 14.1. The van der Waals surface area contributed by atoms with Crippen LogP contribution in [0.15, 0.2) is 42.6 Å². The second-order valence-electron chi connectivity index (χ2n) is 5.39.